The molecule has 1 saturated heterocycles. The minimum Gasteiger partial charge on any atom is -0.346 e. The van der Waals surface area contributed by atoms with Gasteiger partial charge in [0.15, 0.2) is 0 Å². The Morgan fingerprint density at radius 3 is 2.15 bits per heavy atom. The van der Waals surface area contributed by atoms with Crippen molar-refractivity contribution in [3.8, 4) is 11.3 Å². The summed E-state index contributed by atoms with van der Waals surface area (Å²) in [6.07, 6.45) is 0. The lowest BCUT2D eigenvalue weighted by atomic mass is 9.96. The number of hydrogen-bond donors (Lipinski definition) is 1. The quantitative estimate of drug-likeness (QED) is 0.630. The van der Waals surface area contributed by atoms with Gasteiger partial charge in [0.05, 0.1) is 16.8 Å². The highest BCUT2D eigenvalue weighted by Crippen LogP contribution is 2.30. The van der Waals surface area contributed by atoms with Crippen LogP contribution in [0, 0.1) is 6.92 Å². The van der Waals surface area contributed by atoms with Gasteiger partial charge in [-0.05, 0) is 32.4 Å². The number of para-hydroxylation sites is 1. The third-order valence-electron chi connectivity index (χ3n) is 5.87. The highest BCUT2D eigenvalue weighted by Gasteiger charge is 2.30. The zero-order valence-electron chi connectivity index (χ0n) is 19.2. The molecule has 0 unspecified atom stereocenters. The van der Waals surface area contributed by atoms with Gasteiger partial charge in [-0.1, -0.05) is 48.5 Å². The number of pyridine rings is 1. The monoisotopic (exact) mass is 444 g/mol. The molecule has 3 aromatic rings. The first-order valence-corrected chi connectivity index (χ1v) is 11.2. The lowest BCUT2D eigenvalue weighted by Crippen LogP contribution is -2.54. The number of carbonyl (C=O) groups is 3. The van der Waals surface area contributed by atoms with Crippen molar-refractivity contribution >= 4 is 28.6 Å². The van der Waals surface area contributed by atoms with Crippen molar-refractivity contribution in [2.45, 2.75) is 26.8 Å². The minimum absolute atomic E-state index is 0.0815. The molecule has 0 saturated carbocycles. The summed E-state index contributed by atoms with van der Waals surface area (Å²) in [5.41, 5.74) is 3.99. The molecule has 7 heteroatoms. The van der Waals surface area contributed by atoms with Gasteiger partial charge in [-0.25, -0.2) is 4.98 Å². The van der Waals surface area contributed by atoms with Gasteiger partial charge in [0.25, 0.3) is 5.91 Å². The fourth-order valence-corrected chi connectivity index (χ4v) is 4.20. The van der Waals surface area contributed by atoms with E-state index in [1.807, 2.05) is 75.4 Å². The van der Waals surface area contributed by atoms with Crippen LogP contribution >= 0.6 is 0 Å². The van der Waals surface area contributed by atoms with Crippen LogP contribution in [0.15, 0.2) is 54.6 Å². The van der Waals surface area contributed by atoms with Crippen molar-refractivity contribution in [1.82, 2.24) is 20.1 Å². The molecule has 7 nitrogen and oxygen atoms in total. The van der Waals surface area contributed by atoms with E-state index in [1.165, 1.54) is 4.90 Å². The summed E-state index contributed by atoms with van der Waals surface area (Å²) in [6.45, 7) is 6.95. The van der Waals surface area contributed by atoms with Gasteiger partial charge < -0.3 is 15.1 Å². The Balaban J connectivity index is 1.61. The Kier molecular flexibility index (Phi) is 6.40. The fourth-order valence-electron chi connectivity index (χ4n) is 4.20. The van der Waals surface area contributed by atoms with Crippen LogP contribution in [0.25, 0.3) is 22.2 Å². The van der Waals surface area contributed by atoms with Crippen LogP contribution in [0.3, 0.4) is 0 Å². The molecule has 33 heavy (non-hydrogen) atoms. The Labute approximate surface area is 193 Å². The fraction of sp³-hybridized carbons (Fsp3) is 0.308. The van der Waals surface area contributed by atoms with E-state index in [0.29, 0.717) is 31.7 Å². The van der Waals surface area contributed by atoms with Gasteiger partial charge in [0.1, 0.15) is 0 Å². The largest absolute Gasteiger partial charge is 0.346 e. The molecule has 0 aliphatic carbocycles. The SMILES string of the molecule is Cc1c(-c2ccccc2)nc2ccccc2c1C(=O)N1CCN(C(=O)C(=O)NC(C)C)CC1. The van der Waals surface area contributed by atoms with E-state index < -0.39 is 11.8 Å². The third kappa shape index (κ3) is 4.58. The molecule has 1 aliphatic heterocycles. The smallest absolute Gasteiger partial charge is 0.312 e. The maximum atomic E-state index is 13.7. The van der Waals surface area contributed by atoms with E-state index in [4.69, 9.17) is 4.98 Å². The summed E-state index contributed by atoms with van der Waals surface area (Å²) in [6, 6.07) is 17.4. The van der Waals surface area contributed by atoms with Crippen LogP contribution in [-0.4, -0.2) is 64.7 Å². The number of hydrogen-bond acceptors (Lipinski definition) is 4. The van der Waals surface area contributed by atoms with Crippen molar-refractivity contribution in [1.29, 1.82) is 0 Å². The Morgan fingerprint density at radius 2 is 1.48 bits per heavy atom. The van der Waals surface area contributed by atoms with Crippen LogP contribution < -0.4 is 5.32 Å². The molecule has 0 atom stereocenters. The van der Waals surface area contributed by atoms with Crippen molar-refractivity contribution in [2.24, 2.45) is 0 Å². The summed E-state index contributed by atoms with van der Waals surface area (Å²) in [5.74, 6) is -1.23. The standard InChI is InChI=1S/C26H28N4O3/c1-17(2)27-24(31)26(33)30-15-13-29(14-16-30)25(32)22-18(3)23(19-9-5-4-6-10-19)28-21-12-8-7-11-20(21)22/h4-12,17H,13-16H2,1-3H3,(H,27,31). The molecule has 2 aromatic carbocycles. The Bertz CT molecular complexity index is 1200. The summed E-state index contributed by atoms with van der Waals surface area (Å²) < 4.78 is 0. The normalized spacial score (nSPS) is 13.9. The van der Waals surface area contributed by atoms with Crippen molar-refractivity contribution in [3.63, 3.8) is 0 Å². The molecule has 1 N–H and O–H groups in total. The van der Waals surface area contributed by atoms with Gasteiger partial charge in [-0.2, -0.15) is 0 Å². The maximum Gasteiger partial charge on any atom is 0.312 e. The van der Waals surface area contributed by atoms with Crippen LogP contribution in [0.2, 0.25) is 0 Å². The molecule has 0 bridgehead atoms. The number of nitrogens with zero attached hydrogens (tertiary/aromatic N) is 3. The van der Waals surface area contributed by atoms with Crippen LogP contribution in [-0.2, 0) is 9.59 Å². The lowest BCUT2D eigenvalue weighted by Gasteiger charge is -2.35. The number of piperazine rings is 1. The molecule has 170 valence electrons. The zero-order valence-corrected chi connectivity index (χ0v) is 19.2. The zero-order chi connectivity index (χ0) is 23.5. The van der Waals surface area contributed by atoms with E-state index in [2.05, 4.69) is 5.32 Å². The lowest BCUT2D eigenvalue weighted by molar-refractivity contribution is -0.147. The number of fused-ring (bicyclic) bond motifs is 1. The third-order valence-corrected chi connectivity index (χ3v) is 5.87. The molecular weight excluding hydrogens is 416 g/mol. The first kappa shape index (κ1) is 22.5. The molecule has 1 aromatic heterocycles. The van der Waals surface area contributed by atoms with Gasteiger partial charge >= 0.3 is 11.8 Å². The predicted molar refractivity (Wildman–Crippen MR) is 128 cm³/mol. The van der Waals surface area contributed by atoms with Crippen molar-refractivity contribution < 1.29 is 14.4 Å². The summed E-state index contributed by atoms with van der Waals surface area (Å²) >= 11 is 0. The van der Waals surface area contributed by atoms with E-state index in [-0.39, 0.29) is 11.9 Å². The van der Waals surface area contributed by atoms with E-state index in [0.717, 1.165) is 27.7 Å². The minimum atomic E-state index is -0.603. The highest BCUT2D eigenvalue weighted by atomic mass is 16.2. The van der Waals surface area contributed by atoms with Gasteiger partial charge in [0, 0.05) is 43.2 Å². The van der Waals surface area contributed by atoms with Crippen LogP contribution in [0.4, 0.5) is 0 Å². The number of amides is 3. The maximum absolute atomic E-state index is 13.7. The van der Waals surface area contributed by atoms with Crippen LogP contribution in [0.1, 0.15) is 29.8 Å². The molecule has 3 amide bonds. The van der Waals surface area contributed by atoms with Crippen molar-refractivity contribution in [2.75, 3.05) is 26.2 Å². The van der Waals surface area contributed by atoms with E-state index in [1.54, 1.807) is 4.90 Å². The predicted octanol–water partition coefficient (Wildman–Crippen LogP) is 3.02. The number of rotatable bonds is 3. The molecule has 1 fully saturated rings. The second-order valence-electron chi connectivity index (χ2n) is 8.56. The second-order valence-corrected chi connectivity index (χ2v) is 8.56. The molecule has 0 spiro atoms. The van der Waals surface area contributed by atoms with Gasteiger partial charge in [-0.3, -0.25) is 14.4 Å². The molecular formula is C26H28N4O3. The average Bonchev–Trinajstić information content (AvgIpc) is 2.83. The Hall–Kier alpha value is -3.74. The molecule has 4 rings (SSSR count). The topological polar surface area (TPSA) is 82.6 Å². The highest BCUT2D eigenvalue weighted by molar-refractivity contribution is 6.35. The number of benzene rings is 2. The summed E-state index contributed by atoms with van der Waals surface area (Å²) in [5, 5.41) is 3.45. The molecule has 2 heterocycles. The Morgan fingerprint density at radius 1 is 0.879 bits per heavy atom. The first-order valence-electron chi connectivity index (χ1n) is 11.2. The van der Waals surface area contributed by atoms with Crippen LogP contribution in [0.5, 0.6) is 0 Å². The number of carbonyl (C=O) groups excluding carboxylic acids is 3. The number of aromatic nitrogens is 1. The van der Waals surface area contributed by atoms with Gasteiger partial charge in [0.2, 0.25) is 0 Å². The summed E-state index contributed by atoms with van der Waals surface area (Å²) in [4.78, 5) is 46.3. The van der Waals surface area contributed by atoms with Crippen molar-refractivity contribution in [3.05, 3.63) is 65.7 Å². The molecule has 1 aliphatic rings. The van der Waals surface area contributed by atoms with Gasteiger partial charge in [-0.15, -0.1) is 0 Å². The average molecular weight is 445 g/mol. The summed E-state index contributed by atoms with van der Waals surface area (Å²) in [7, 11) is 0. The second kappa shape index (κ2) is 9.40. The molecule has 0 radical (unpaired) electrons. The van der Waals surface area contributed by atoms with E-state index in [9.17, 15) is 14.4 Å². The number of nitrogens with one attached hydrogen (secondary N) is 1. The first-order chi connectivity index (χ1) is 15.9. The van der Waals surface area contributed by atoms with E-state index >= 15 is 0 Å².